The van der Waals surface area contributed by atoms with E-state index in [0.717, 1.165) is 96.2 Å². The summed E-state index contributed by atoms with van der Waals surface area (Å²) >= 11 is 1.77. The van der Waals surface area contributed by atoms with Gasteiger partial charge >= 0.3 is 0 Å². The monoisotopic (exact) mass is 630 g/mol. The summed E-state index contributed by atoms with van der Waals surface area (Å²) in [5, 5.41) is 0.966. The number of piperazine rings is 1. The van der Waals surface area contributed by atoms with Gasteiger partial charge in [-0.2, -0.15) is 0 Å². The van der Waals surface area contributed by atoms with Crippen molar-refractivity contribution in [2.24, 2.45) is 0 Å². The van der Waals surface area contributed by atoms with Crippen LogP contribution >= 0.6 is 11.8 Å². The summed E-state index contributed by atoms with van der Waals surface area (Å²) in [4.78, 5) is 22.7. The van der Waals surface area contributed by atoms with Crippen LogP contribution in [0.2, 0.25) is 0 Å². The number of para-hydroxylation sites is 1. The Hall–Kier alpha value is -4.53. The van der Waals surface area contributed by atoms with Gasteiger partial charge in [0.15, 0.2) is 16.7 Å². The van der Waals surface area contributed by atoms with E-state index in [0.29, 0.717) is 13.2 Å². The zero-order chi connectivity index (χ0) is 31.1. The number of carbonyl (C=O) groups is 1. The second-order valence-electron chi connectivity index (χ2n) is 11.6. The minimum atomic E-state index is 0.260. The molecule has 8 heteroatoms. The van der Waals surface area contributed by atoms with Crippen molar-refractivity contribution in [1.82, 2.24) is 19.4 Å². The van der Waals surface area contributed by atoms with Crippen LogP contribution in [0.3, 0.4) is 0 Å². The Labute approximate surface area is 274 Å². The fourth-order valence-electron chi connectivity index (χ4n) is 6.13. The SMILES string of the molecule is O=C(CCCCSc1nc(-c2ccccc2)c(-c2ccccc2)n1-c1ccccc1)N1CCN(Cc2ccc3c(c2)OCO3)CC1. The highest BCUT2D eigenvalue weighted by atomic mass is 32.2. The molecule has 1 saturated heterocycles. The summed E-state index contributed by atoms with van der Waals surface area (Å²) in [7, 11) is 0. The van der Waals surface area contributed by atoms with E-state index in [1.54, 1.807) is 11.8 Å². The predicted molar refractivity (Wildman–Crippen MR) is 183 cm³/mol. The molecular formula is C38H38N4O3S. The van der Waals surface area contributed by atoms with Gasteiger partial charge in [0.2, 0.25) is 12.7 Å². The maximum Gasteiger partial charge on any atom is 0.231 e. The van der Waals surface area contributed by atoms with Gasteiger partial charge in [-0.05, 0) is 42.7 Å². The number of thioether (sulfide) groups is 1. The van der Waals surface area contributed by atoms with Crippen LogP contribution < -0.4 is 9.47 Å². The van der Waals surface area contributed by atoms with Crippen molar-refractivity contribution in [2.75, 3.05) is 38.7 Å². The molecule has 1 fully saturated rings. The lowest BCUT2D eigenvalue weighted by Crippen LogP contribution is -2.48. The second-order valence-corrected chi connectivity index (χ2v) is 12.7. The fourth-order valence-corrected chi connectivity index (χ4v) is 7.14. The number of hydrogen-bond donors (Lipinski definition) is 0. The fraction of sp³-hybridized carbons (Fsp3) is 0.263. The average molecular weight is 631 g/mol. The molecule has 1 aromatic heterocycles. The molecule has 0 aliphatic carbocycles. The van der Waals surface area contributed by atoms with Crippen molar-refractivity contribution in [3.8, 4) is 39.7 Å². The van der Waals surface area contributed by atoms with E-state index in [1.807, 2.05) is 29.2 Å². The summed E-state index contributed by atoms with van der Waals surface area (Å²) in [5.41, 5.74) is 6.59. The topological polar surface area (TPSA) is 59.8 Å². The van der Waals surface area contributed by atoms with Gasteiger partial charge in [-0.25, -0.2) is 4.98 Å². The standard InChI is InChI=1S/C38H38N4O3S/c43-35(41-23-21-40(22-24-41)27-29-19-20-33-34(26-29)45-28-44-33)18-10-11-25-46-38-39-36(30-12-4-1-5-13-30)37(31-14-6-2-7-15-31)42(38)32-16-8-3-9-17-32/h1-9,12-17,19-20,26H,10-11,18,21-25,27-28H2. The van der Waals surface area contributed by atoms with E-state index >= 15 is 0 Å². The molecule has 0 unspecified atom stereocenters. The van der Waals surface area contributed by atoms with Crippen molar-refractivity contribution in [3.63, 3.8) is 0 Å². The number of unbranched alkanes of at least 4 members (excludes halogenated alkanes) is 1. The van der Waals surface area contributed by atoms with Gasteiger partial charge < -0.3 is 14.4 Å². The third kappa shape index (κ3) is 6.83. The molecule has 5 aromatic rings. The van der Waals surface area contributed by atoms with Gasteiger partial charge in [-0.15, -0.1) is 0 Å². The Balaban J connectivity index is 0.962. The molecule has 0 bridgehead atoms. The van der Waals surface area contributed by atoms with E-state index in [2.05, 4.69) is 94.4 Å². The quantitative estimate of drug-likeness (QED) is 0.111. The van der Waals surface area contributed by atoms with E-state index in [1.165, 1.54) is 5.56 Å². The number of rotatable bonds is 11. The predicted octanol–water partition coefficient (Wildman–Crippen LogP) is 7.54. The molecule has 2 aliphatic rings. The first-order chi connectivity index (χ1) is 22.7. The molecule has 4 aromatic carbocycles. The Morgan fingerprint density at radius 1 is 0.739 bits per heavy atom. The maximum absolute atomic E-state index is 13.1. The lowest BCUT2D eigenvalue weighted by Gasteiger charge is -2.34. The van der Waals surface area contributed by atoms with Gasteiger partial charge in [0, 0.05) is 61.7 Å². The van der Waals surface area contributed by atoms with Gasteiger partial charge in [0.1, 0.15) is 0 Å². The van der Waals surface area contributed by atoms with Gasteiger partial charge in [-0.1, -0.05) is 96.7 Å². The molecule has 234 valence electrons. The van der Waals surface area contributed by atoms with Crippen LogP contribution in [0.15, 0.2) is 114 Å². The Morgan fingerprint density at radius 2 is 1.41 bits per heavy atom. The minimum absolute atomic E-state index is 0.260. The third-order valence-electron chi connectivity index (χ3n) is 8.54. The Morgan fingerprint density at radius 3 is 2.15 bits per heavy atom. The van der Waals surface area contributed by atoms with Crippen molar-refractivity contribution >= 4 is 17.7 Å². The third-order valence-corrected chi connectivity index (χ3v) is 9.56. The maximum atomic E-state index is 13.1. The van der Waals surface area contributed by atoms with Gasteiger partial charge in [0.25, 0.3) is 0 Å². The Bertz CT molecular complexity index is 1750. The van der Waals surface area contributed by atoms with Crippen LogP contribution in [0.5, 0.6) is 11.5 Å². The molecule has 2 aliphatic heterocycles. The number of amides is 1. The summed E-state index contributed by atoms with van der Waals surface area (Å²) in [6.07, 6.45) is 2.40. The molecule has 0 radical (unpaired) electrons. The number of aromatic nitrogens is 2. The highest BCUT2D eigenvalue weighted by Crippen LogP contribution is 2.38. The second kappa shape index (κ2) is 14.3. The van der Waals surface area contributed by atoms with E-state index in [-0.39, 0.29) is 5.91 Å². The normalized spacial score (nSPS) is 14.5. The number of nitrogens with zero attached hydrogens (tertiary/aromatic N) is 4. The number of imidazole rings is 1. The smallest absolute Gasteiger partial charge is 0.231 e. The molecule has 7 rings (SSSR count). The van der Waals surface area contributed by atoms with Crippen molar-refractivity contribution in [3.05, 3.63) is 115 Å². The van der Waals surface area contributed by atoms with E-state index < -0.39 is 0 Å². The summed E-state index contributed by atoms with van der Waals surface area (Å²) in [6.45, 7) is 4.46. The molecule has 0 N–H and O–H groups in total. The highest BCUT2D eigenvalue weighted by Gasteiger charge is 2.23. The first-order valence-corrected chi connectivity index (χ1v) is 17.0. The number of fused-ring (bicyclic) bond motifs is 1. The summed E-state index contributed by atoms with van der Waals surface area (Å²) in [5.74, 6) is 2.79. The largest absolute Gasteiger partial charge is 0.454 e. The highest BCUT2D eigenvalue weighted by molar-refractivity contribution is 7.99. The van der Waals surface area contributed by atoms with Crippen LogP contribution in [0.1, 0.15) is 24.8 Å². The van der Waals surface area contributed by atoms with Gasteiger partial charge in [0.05, 0.1) is 11.4 Å². The lowest BCUT2D eigenvalue weighted by molar-refractivity contribution is -0.133. The number of benzene rings is 4. The van der Waals surface area contributed by atoms with E-state index in [4.69, 9.17) is 14.5 Å². The van der Waals surface area contributed by atoms with Gasteiger partial charge in [-0.3, -0.25) is 14.3 Å². The molecule has 7 nitrogen and oxygen atoms in total. The van der Waals surface area contributed by atoms with E-state index in [9.17, 15) is 4.79 Å². The lowest BCUT2D eigenvalue weighted by atomic mass is 10.0. The molecular weight excluding hydrogens is 593 g/mol. The molecule has 46 heavy (non-hydrogen) atoms. The van der Waals surface area contributed by atoms with Crippen LogP contribution in [0.4, 0.5) is 0 Å². The zero-order valence-corrected chi connectivity index (χ0v) is 26.7. The molecule has 0 atom stereocenters. The Kier molecular flexibility index (Phi) is 9.35. The number of hydrogen-bond acceptors (Lipinski definition) is 6. The summed E-state index contributed by atoms with van der Waals surface area (Å²) < 4.78 is 13.2. The number of carbonyl (C=O) groups excluding carboxylic acids is 1. The molecule has 1 amide bonds. The average Bonchev–Trinajstić information content (AvgIpc) is 3.74. The minimum Gasteiger partial charge on any atom is -0.454 e. The molecule has 0 saturated carbocycles. The van der Waals surface area contributed by atoms with Crippen LogP contribution in [-0.2, 0) is 11.3 Å². The number of ether oxygens (including phenoxy) is 2. The molecule has 3 heterocycles. The van der Waals surface area contributed by atoms with Crippen LogP contribution in [-0.4, -0.2) is 64.0 Å². The van der Waals surface area contributed by atoms with Crippen LogP contribution in [0.25, 0.3) is 28.2 Å². The van der Waals surface area contributed by atoms with Crippen LogP contribution in [0, 0.1) is 0 Å². The summed E-state index contributed by atoms with van der Waals surface area (Å²) in [6, 6.07) is 37.5. The first-order valence-electron chi connectivity index (χ1n) is 16.0. The zero-order valence-electron chi connectivity index (χ0n) is 25.9. The van der Waals surface area contributed by atoms with Crippen molar-refractivity contribution in [2.45, 2.75) is 31.0 Å². The molecule has 0 spiro atoms. The van der Waals surface area contributed by atoms with Crippen molar-refractivity contribution in [1.29, 1.82) is 0 Å². The first kappa shape index (κ1) is 30.1. The van der Waals surface area contributed by atoms with Crippen molar-refractivity contribution < 1.29 is 14.3 Å².